The molecule has 1 heterocycles. The Balaban J connectivity index is 1.86. The number of carbonyl (C=O) groups excluding carboxylic acids is 1. The number of benzene rings is 2. The third-order valence-corrected chi connectivity index (χ3v) is 6.89. The fraction of sp³-hybridized carbons (Fsp3) is 0.158. The zero-order chi connectivity index (χ0) is 20.5. The van der Waals surface area contributed by atoms with Gasteiger partial charge in [-0.15, -0.1) is 0 Å². The average molecular weight is 467 g/mol. The molecule has 0 saturated heterocycles. The smallest absolute Gasteiger partial charge is 0.338 e. The molecule has 1 aromatic heterocycles. The fourth-order valence-corrected chi connectivity index (χ4v) is 4.41. The van der Waals surface area contributed by atoms with Gasteiger partial charge in [0.05, 0.1) is 16.0 Å². The Morgan fingerprint density at radius 2 is 1.96 bits per heavy atom. The second-order valence-corrected chi connectivity index (χ2v) is 9.09. The summed E-state index contributed by atoms with van der Waals surface area (Å²) in [6, 6.07) is 10.2. The van der Waals surface area contributed by atoms with Crippen molar-refractivity contribution in [3.63, 3.8) is 0 Å². The first-order valence-electron chi connectivity index (χ1n) is 8.13. The van der Waals surface area contributed by atoms with Crippen molar-refractivity contribution in [1.82, 2.24) is 9.29 Å². The van der Waals surface area contributed by atoms with Crippen molar-refractivity contribution in [2.24, 2.45) is 0 Å². The fourth-order valence-electron chi connectivity index (χ4n) is 2.56. The highest BCUT2D eigenvalue weighted by atomic mass is 79.9. The van der Waals surface area contributed by atoms with E-state index in [4.69, 9.17) is 4.74 Å². The average Bonchev–Trinajstić information content (AvgIpc) is 2.67. The Bertz CT molecular complexity index is 1170. The number of sulfonamides is 1. The van der Waals surface area contributed by atoms with Crippen molar-refractivity contribution in [3.05, 3.63) is 70.1 Å². The van der Waals surface area contributed by atoms with Crippen LogP contribution in [-0.4, -0.2) is 37.8 Å². The molecule has 0 aliphatic heterocycles. The molecule has 0 spiro atoms. The summed E-state index contributed by atoms with van der Waals surface area (Å²) in [5.74, 6) is -1.11. The highest BCUT2D eigenvalue weighted by Gasteiger charge is 2.22. The van der Waals surface area contributed by atoms with E-state index < -0.39 is 21.8 Å². The van der Waals surface area contributed by atoms with Crippen molar-refractivity contribution >= 4 is 42.8 Å². The van der Waals surface area contributed by atoms with Crippen LogP contribution in [-0.2, 0) is 21.4 Å². The molecule has 28 heavy (non-hydrogen) atoms. The van der Waals surface area contributed by atoms with Crippen LogP contribution >= 0.6 is 15.9 Å². The number of esters is 1. The van der Waals surface area contributed by atoms with Crippen molar-refractivity contribution in [2.45, 2.75) is 11.5 Å². The van der Waals surface area contributed by atoms with Crippen LogP contribution < -0.4 is 0 Å². The van der Waals surface area contributed by atoms with Gasteiger partial charge in [0.25, 0.3) is 0 Å². The largest absolute Gasteiger partial charge is 0.457 e. The number of rotatable bonds is 5. The number of fused-ring (bicyclic) bond motifs is 1. The molecule has 0 aliphatic rings. The number of hydrogen-bond acceptors (Lipinski definition) is 5. The minimum absolute atomic E-state index is 0.0409. The number of nitrogens with zero attached hydrogens (tertiary/aromatic N) is 2. The number of aromatic nitrogens is 1. The van der Waals surface area contributed by atoms with E-state index in [0.29, 0.717) is 20.9 Å². The number of carbonyl (C=O) groups is 1. The molecule has 0 atom stereocenters. The molecule has 0 aliphatic carbocycles. The van der Waals surface area contributed by atoms with Gasteiger partial charge in [-0.1, -0.05) is 6.07 Å². The Labute approximate surface area is 170 Å². The minimum atomic E-state index is -3.74. The van der Waals surface area contributed by atoms with Crippen LogP contribution in [0.25, 0.3) is 10.9 Å². The lowest BCUT2D eigenvalue weighted by Gasteiger charge is -2.14. The topological polar surface area (TPSA) is 76.6 Å². The molecule has 0 saturated carbocycles. The summed E-state index contributed by atoms with van der Waals surface area (Å²) in [6.45, 7) is -0.127. The second-order valence-electron chi connectivity index (χ2n) is 6.11. The van der Waals surface area contributed by atoms with Gasteiger partial charge in [-0.3, -0.25) is 4.98 Å². The van der Waals surface area contributed by atoms with Crippen LogP contribution in [0.4, 0.5) is 4.39 Å². The molecule has 3 aromatic rings. The molecule has 0 radical (unpaired) electrons. The number of pyridine rings is 1. The summed E-state index contributed by atoms with van der Waals surface area (Å²) in [7, 11) is -0.933. The number of hydrogen-bond donors (Lipinski definition) is 0. The predicted octanol–water partition coefficient (Wildman–Crippen LogP) is 3.74. The van der Waals surface area contributed by atoms with Crippen LogP contribution in [0.2, 0.25) is 0 Å². The summed E-state index contributed by atoms with van der Waals surface area (Å²) in [6.07, 6.45) is 1.53. The van der Waals surface area contributed by atoms with Gasteiger partial charge in [-0.2, -0.15) is 0 Å². The molecule has 0 bridgehead atoms. The lowest BCUT2D eigenvalue weighted by atomic mass is 10.1. The van der Waals surface area contributed by atoms with Crippen LogP contribution in [0.1, 0.15) is 15.9 Å². The standard InChI is InChI=1S/C19H16BrFN2O4S/c1-23(2)28(25,26)17-10-12(5-7-15(17)20)19(24)27-11-13-6-8-16(21)14-4-3-9-22-18(13)14/h3-10H,11H2,1-2H3. The first-order valence-corrected chi connectivity index (χ1v) is 10.4. The quantitative estimate of drug-likeness (QED) is 0.535. The van der Waals surface area contributed by atoms with E-state index in [1.165, 1.54) is 50.6 Å². The summed E-state index contributed by atoms with van der Waals surface area (Å²) in [5.41, 5.74) is 1.04. The highest BCUT2D eigenvalue weighted by molar-refractivity contribution is 9.10. The maximum absolute atomic E-state index is 13.9. The van der Waals surface area contributed by atoms with Gasteiger partial charge in [0.1, 0.15) is 12.4 Å². The first kappa shape index (κ1) is 20.4. The Kier molecular flexibility index (Phi) is 5.78. The zero-order valence-electron chi connectivity index (χ0n) is 15.0. The monoisotopic (exact) mass is 466 g/mol. The van der Waals surface area contributed by atoms with Crippen LogP contribution in [0.5, 0.6) is 0 Å². The molecule has 9 heteroatoms. The zero-order valence-corrected chi connectivity index (χ0v) is 17.4. The van der Waals surface area contributed by atoms with E-state index in [9.17, 15) is 17.6 Å². The van der Waals surface area contributed by atoms with Crippen molar-refractivity contribution < 1.29 is 22.3 Å². The molecule has 0 unspecified atom stereocenters. The summed E-state index contributed by atoms with van der Waals surface area (Å²) in [5, 5.41) is 0.332. The van der Waals surface area contributed by atoms with E-state index in [2.05, 4.69) is 20.9 Å². The van der Waals surface area contributed by atoms with Crippen molar-refractivity contribution in [1.29, 1.82) is 0 Å². The third-order valence-electron chi connectivity index (χ3n) is 4.08. The van der Waals surface area contributed by atoms with Gasteiger partial charge in [0, 0.05) is 35.7 Å². The van der Waals surface area contributed by atoms with E-state index >= 15 is 0 Å². The SMILES string of the molecule is CN(C)S(=O)(=O)c1cc(C(=O)OCc2ccc(F)c3cccnc23)ccc1Br. The van der Waals surface area contributed by atoms with E-state index in [0.717, 1.165) is 4.31 Å². The summed E-state index contributed by atoms with van der Waals surface area (Å²) in [4.78, 5) is 16.5. The molecule has 2 aromatic carbocycles. The molecule has 0 fully saturated rings. The Morgan fingerprint density at radius 3 is 2.68 bits per heavy atom. The van der Waals surface area contributed by atoms with Gasteiger partial charge in [0.2, 0.25) is 10.0 Å². The van der Waals surface area contributed by atoms with Gasteiger partial charge >= 0.3 is 5.97 Å². The molecular weight excluding hydrogens is 451 g/mol. The summed E-state index contributed by atoms with van der Waals surface area (Å²) >= 11 is 3.19. The van der Waals surface area contributed by atoms with Crippen LogP contribution in [0.3, 0.4) is 0 Å². The molecule has 3 rings (SSSR count). The normalized spacial score (nSPS) is 11.8. The lowest BCUT2D eigenvalue weighted by Crippen LogP contribution is -2.23. The van der Waals surface area contributed by atoms with E-state index in [1.54, 1.807) is 12.1 Å². The van der Waals surface area contributed by atoms with Crippen LogP contribution in [0.15, 0.2) is 58.0 Å². The highest BCUT2D eigenvalue weighted by Crippen LogP contribution is 2.26. The predicted molar refractivity (Wildman–Crippen MR) is 106 cm³/mol. The van der Waals surface area contributed by atoms with Gasteiger partial charge in [0.15, 0.2) is 0 Å². The Hall–Kier alpha value is -2.36. The molecular formula is C19H16BrFN2O4S. The minimum Gasteiger partial charge on any atom is -0.457 e. The van der Waals surface area contributed by atoms with Crippen molar-refractivity contribution in [3.8, 4) is 0 Å². The Morgan fingerprint density at radius 1 is 1.21 bits per heavy atom. The first-order chi connectivity index (χ1) is 13.2. The maximum atomic E-state index is 13.9. The summed E-state index contributed by atoms with van der Waals surface area (Å²) < 4.78 is 45.3. The lowest BCUT2D eigenvalue weighted by molar-refractivity contribution is 0.0474. The maximum Gasteiger partial charge on any atom is 0.338 e. The van der Waals surface area contributed by atoms with E-state index in [1.807, 2.05) is 0 Å². The second kappa shape index (κ2) is 7.94. The molecule has 0 N–H and O–H groups in total. The molecule has 146 valence electrons. The van der Waals surface area contributed by atoms with E-state index in [-0.39, 0.29) is 17.1 Å². The number of ether oxygens (including phenoxy) is 1. The molecule has 6 nitrogen and oxygen atoms in total. The molecule has 0 amide bonds. The van der Waals surface area contributed by atoms with Gasteiger partial charge < -0.3 is 4.74 Å². The van der Waals surface area contributed by atoms with Gasteiger partial charge in [-0.05, 0) is 52.3 Å². The van der Waals surface area contributed by atoms with Crippen LogP contribution in [0, 0.1) is 5.82 Å². The van der Waals surface area contributed by atoms with Gasteiger partial charge in [-0.25, -0.2) is 21.9 Å². The number of halogens is 2. The third kappa shape index (κ3) is 3.91. The van der Waals surface area contributed by atoms with Crippen molar-refractivity contribution in [2.75, 3.05) is 14.1 Å².